The number of rotatable bonds is 5. The van der Waals surface area contributed by atoms with Gasteiger partial charge in [-0.15, -0.1) is 11.3 Å². The minimum absolute atomic E-state index is 0.153. The van der Waals surface area contributed by atoms with Crippen molar-refractivity contribution in [3.05, 3.63) is 34.7 Å². The van der Waals surface area contributed by atoms with Gasteiger partial charge in [-0.2, -0.15) is 8.78 Å². The predicted molar refractivity (Wildman–Crippen MR) is 80.3 cm³/mol. The van der Waals surface area contributed by atoms with Crippen LogP contribution >= 0.6 is 11.3 Å². The van der Waals surface area contributed by atoms with E-state index in [2.05, 4.69) is 14.6 Å². The number of hydrogen-bond donors (Lipinski definition) is 0. The van der Waals surface area contributed by atoms with E-state index in [1.807, 2.05) is 5.38 Å². The molecule has 118 valence electrons. The lowest BCUT2D eigenvalue weighted by atomic mass is 10.1. The second kappa shape index (κ2) is 7.13. The fraction of sp³-hybridized carbons (Fsp3) is 0.400. The van der Waals surface area contributed by atoms with Gasteiger partial charge in [0.25, 0.3) is 0 Å². The van der Waals surface area contributed by atoms with Crippen LogP contribution in [0, 0.1) is 0 Å². The van der Waals surface area contributed by atoms with E-state index in [1.54, 1.807) is 18.2 Å². The summed E-state index contributed by atoms with van der Waals surface area (Å²) in [5.41, 5.74) is 1.26. The monoisotopic (exact) mass is 326 g/mol. The summed E-state index contributed by atoms with van der Waals surface area (Å²) in [7, 11) is 0. The number of hydrogen-bond acceptors (Lipinski definition) is 5. The molecule has 2 aromatic rings. The van der Waals surface area contributed by atoms with Gasteiger partial charge < -0.3 is 9.47 Å². The summed E-state index contributed by atoms with van der Waals surface area (Å²) in [6, 6.07) is 6.73. The molecule has 0 spiro atoms. The van der Waals surface area contributed by atoms with Gasteiger partial charge in [-0.25, -0.2) is 4.98 Å². The molecule has 0 N–H and O–H groups in total. The van der Waals surface area contributed by atoms with Crippen LogP contribution in [0.1, 0.15) is 5.01 Å². The van der Waals surface area contributed by atoms with Gasteiger partial charge in [0, 0.05) is 24.0 Å². The molecule has 0 radical (unpaired) electrons. The molecule has 0 bridgehead atoms. The van der Waals surface area contributed by atoms with E-state index in [9.17, 15) is 8.78 Å². The molecule has 0 atom stereocenters. The minimum Gasteiger partial charge on any atom is -0.434 e. The highest BCUT2D eigenvalue weighted by Crippen LogP contribution is 2.31. The van der Waals surface area contributed by atoms with Crippen LogP contribution in [-0.2, 0) is 11.3 Å². The van der Waals surface area contributed by atoms with Gasteiger partial charge in [0.05, 0.1) is 25.5 Å². The SMILES string of the molecule is FC(F)Oc1ccccc1-c1csc(CN2CCOCC2)n1. The van der Waals surface area contributed by atoms with E-state index in [0.717, 1.165) is 37.9 Å². The van der Waals surface area contributed by atoms with Crippen LogP contribution in [0.5, 0.6) is 5.75 Å². The second-order valence-electron chi connectivity index (χ2n) is 4.89. The number of nitrogens with zero attached hydrogens (tertiary/aromatic N) is 2. The average Bonchev–Trinajstić information content (AvgIpc) is 2.96. The molecule has 1 aromatic carbocycles. The van der Waals surface area contributed by atoms with Gasteiger partial charge in [0.2, 0.25) is 0 Å². The van der Waals surface area contributed by atoms with Crippen molar-refractivity contribution in [1.82, 2.24) is 9.88 Å². The summed E-state index contributed by atoms with van der Waals surface area (Å²) in [5, 5.41) is 2.84. The summed E-state index contributed by atoms with van der Waals surface area (Å²) in [6.45, 7) is 1.17. The maximum absolute atomic E-state index is 12.5. The molecule has 0 unspecified atom stereocenters. The molecule has 0 aliphatic carbocycles. The van der Waals surface area contributed by atoms with Crippen LogP contribution in [-0.4, -0.2) is 42.8 Å². The number of ether oxygens (including phenoxy) is 2. The van der Waals surface area contributed by atoms with E-state index in [-0.39, 0.29) is 5.75 Å². The molecule has 0 saturated carbocycles. The molecule has 1 aliphatic rings. The Hall–Kier alpha value is -1.57. The lowest BCUT2D eigenvalue weighted by molar-refractivity contribution is -0.0494. The highest BCUT2D eigenvalue weighted by molar-refractivity contribution is 7.09. The van der Waals surface area contributed by atoms with E-state index < -0.39 is 6.61 Å². The van der Waals surface area contributed by atoms with E-state index >= 15 is 0 Å². The van der Waals surface area contributed by atoms with E-state index in [0.29, 0.717) is 11.3 Å². The zero-order valence-corrected chi connectivity index (χ0v) is 12.7. The number of para-hydroxylation sites is 1. The Morgan fingerprint density at radius 3 is 2.82 bits per heavy atom. The van der Waals surface area contributed by atoms with Crippen molar-refractivity contribution in [2.45, 2.75) is 13.2 Å². The van der Waals surface area contributed by atoms with Crippen LogP contribution in [0.25, 0.3) is 11.3 Å². The summed E-state index contributed by atoms with van der Waals surface area (Å²) < 4.78 is 34.8. The number of thiazole rings is 1. The van der Waals surface area contributed by atoms with Crippen LogP contribution < -0.4 is 4.74 Å². The van der Waals surface area contributed by atoms with Gasteiger partial charge >= 0.3 is 6.61 Å². The molecule has 7 heteroatoms. The Balaban J connectivity index is 1.75. The Labute approximate surface area is 131 Å². The Bertz CT molecular complexity index is 615. The molecular weight excluding hydrogens is 310 g/mol. The molecule has 0 amide bonds. The molecule has 1 saturated heterocycles. The topological polar surface area (TPSA) is 34.6 Å². The van der Waals surface area contributed by atoms with Crippen molar-refractivity contribution in [2.24, 2.45) is 0 Å². The van der Waals surface area contributed by atoms with Crippen molar-refractivity contribution >= 4 is 11.3 Å². The third kappa shape index (κ3) is 3.79. The number of halogens is 2. The zero-order valence-electron chi connectivity index (χ0n) is 11.9. The first-order chi connectivity index (χ1) is 10.7. The summed E-state index contributed by atoms with van der Waals surface area (Å²) >= 11 is 1.53. The quantitative estimate of drug-likeness (QED) is 0.845. The fourth-order valence-corrected chi connectivity index (χ4v) is 3.17. The average molecular weight is 326 g/mol. The number of aromatic nitrogens is 1. The Morgan fingerprint density at radius 1 is 1.27 bits per heavy atom. The third-order valence-corrected chi connectivity index (χ3v) is 4.23. The number of morpholine rings is 1. The van der Waals surface area contributed by atoms with E-state index in [1.165, 1.54) is 17.4 Å². The van der Waals surface area contributed by atoms with Gasteiger partial charge in [-0.3, -0.25) is 4.90 Å². The van der Waals surface area contributed by atoms with Crippen molar-refractivity contribution in [3.8, 4) is 17.0 Å². The highest BCUT2D eigenvalue weighted by atomic mass is 32.1. The zero-order chi connectivity index (χ0) is 15.4. The normalized spacial score (nSPS) is 16.1. The van der Waals surface area contributed by atoms with Crippen molar-refractivity contribution in [1.29, 1.82) is 0 Å². The first-order valence-corrected chi connectivity index (χ1v) is 7.89. The summed E-state index contributed by atoms with van der Waals surface area (Å²) in [6.07, 6.45) is 0. The lowest BCUT2D eigenvalue weighted by Gasteiger charge is -2.25. The van der Waals surface area contributed by atoms with Crippen LogP contribution in [0.2, 0.25) is 0 Å². The van der Waals surface area contributed by atoms with E-state index in [4.69, 9.17) is 4.74 Å². The van der Waals surface area contributed by atoms with Gasteiger partial charge in [-0.05, 0) is 12.1 Å². The van der Waals surface area contributed by atoms with Crippen LogP contribution in [0.4, 0.5) is 8.78 Å². The van der Waals surface area contributed by atoms with Gasteiger partial charge in [-0.1, -0.05) is 12.1 Å². The van der Waals surface area contributed by atoms with Crippen molar-refractivity contribution < 1.29 is 18.3 Å². The maximum Gasteiger partial charge on any atom is 0.387 e. The smallest absolute Gasteiger partial charge is 0.387 e. The number of alkyl halides is 2. The summed E-state index contributed by atoms with van der Waals surface area (Å²) in [4.78, 5) is 6.83. The maximum atomic E-state index is 12.5. The minimum atomic E-state index is -2.84. The molecule has 2 heterocycles. The first kappa shape index (κ1) is 15.3. The molecular formula is C15H16F2N2O2S. The molecule has 3 rings (SSSR count). The molecule has 1 aliphatic heterocycles. The predicted octanol–water partition coefficient (Wildman–Crippen LogP) is 3.24. The lowest BCUT2D eigenvalue weighted by Crippen LogP contribution is -2.35. The molecule has 1 aromatic heterocycles. The Morgan fingerprint density at radius 2 is 2.05 bits per heavy atom. The van der Waals surface area contributed by atoms with Crippen LogP contribution in [0.15, 0.2) is 29.6 Å². The van der Waals surface area contributed by atoms with Gasteiger partial charge in [0.15, 0.2) is 0 Å². The first-order valence-electron chi connectivity index (χ1n) is 7.01. The Kier molecular flexibility index (Phi) is 4.97. The fourth-order valence-electron chi connectivity index (χ4n) is 2.33. The molecule has 22 heavy (non-hydrogen) atoms. The van der Waals surface area contributed by atoms with Gasteiger partial charge in [0.1, 0.15) is 10.8 Å². The number of benzene rings is 1. The highest BCUT2D eigenvalue weighted by Gasteiger charge is 2.16. The third-order valence-electron chi connectivity index (χ3n) is 3.39. The summed E-state index contributed by atoms with van der Waals surface area (Å²) in [5.74, 6) is 0.153. The standard InChI is InChI=1S/C15H16F2N2O2S/c16-15(17)21-13-4-2-1-3-11(13)12-10-22-14(18-12)9-19-5-7-20-8-6-19/h1-4,10,15H,5-9H2. The van der Waals surface area contributed by atoms with Crippen molar-refractivity contribution in [3.63, 3.8) is 0 Å². The van der Waals surface area contributed by atoms with Crippen molar-refractivity contribution in [2.75, 3.05) is 26.3 Å². The van der Waals surface area contributed by atoms with Crippen LogP contribution in [0.3, 0.4) is 0 Å². The second-order valence-corrected chi connectivity index (χ2v) is 5.83. The molecule has 1 fully saturated rings. The molecule has 4 nitrogen and oxygen atoms in total. The largest absolute Gasteiger partial charge is 0.434 e.